The number of anilines is 1. The normalized spacial score (nSPS) is 18.7. The van der Waals surface area contributed by atoms with Gasteiger partial charge < -0.3 is 4.74 Å². The summed E-state index contributed by atoms with van der Waals surface area (Å²) in [5.74, 6) is -1.54. The van der Waals surface area contributed by atoms with Gasteiger partial charge in [0.25, 0.3) is 0 Å². The van der Waals surface area contributed by atoms with Crippen LogP contribution in [0.5, 0.6) is 5.75 Å². The second kappa shape index (κ2) is 6.26. The van der Waals surface area contributed by atoms with Crippen LogP contribution in [0.15, 0.2) is 22.7 Å². The fourth-order valence-corrected chi connectivity index (χ4v) is 2.57. The number of barbiturate groups is 1. The lowest BCUT2D eigenvalue weighted by Gasteiger charge is -2.30. The van der Waals surface area contributed by atoms with Gasteiger partial charge in [-0.2, -0.15) is 0 Å². The molecule has 0 radical (unpaired) electrons. The molecule has 1 aliphatic heterocycles. The summed E-state index contributed by atoms with van der Waals surface area (Å²) in [4.78, 5) is 37.3. The van der Waals surface area contributed by atoms with Crippen LogP contribution in [0.1, 0.15) is 19.8 Å². The molecule has 1 aliphatic rings. The van der Waals surface area contributed by atoms with E-state index in [9.17, 15) is 14.4 Å². The van der Waals surface area contributed by atoms with E-state index in [1.807, 2.05) is 6.92 Å². The summed E-state index contributed by atoms with van der Waals surface area (Å²) < 4.78 is 5.89. The Morgan fingerprint density at radius 2 is 2.05 bits per heavy atom. The lowest BCUT2D eigenvalue weighted by atomic mass is 9.99. The van der Waals surface area contributed by atoms with Crippen molar-refractivity contribution in [2.24, 2.45) is 5.92 Å². The van der Waals surface area contributed by atoms with Crippen LogP contribution in [0, 0.1) is 5.92 Å². The van der Waals surface area contributed by atoms with Crippen molar-refractivity contribution in [2.75, 3.05) is 12.0 Å². The van der Waals surface area contributed by atoms with E-state index in [4.69, 9.17) is 4.74 Å². The van der Waals surface area contributed by atoms with Gasteiger partial charge in [-0.1, -0.05) is 29.3 Å². The predicted molar refractivity (Wildman–Crippen MR) is 80.1 cm³/mol. The molecule has 0 spiro atoms. The molecule has 6 nitrogen and oxygen atoms in total. The van der Waals surface area contributed by atoms with Crippen molar-refractivity contribution in [3.8, 4) is 5.75 Å². The van der Waals surface area contributed by atoms with E-state index in [1.165, 1.54) is 7.11 Å². The molecule has 0 aliphatic carbocycles. The quantitative estimate of drug-likeness (QED) is 0.842. The molecule has 0 bridgehead atoms. The summed E-state index contributed by atoms with van der Waals surface area (Å²) in [6.07, 6.45) is 1.06. The van der Waals surface area contributed by atoms with Gasteiger partial charge in [-0.05, 0) is 24.6 Å². The molecule has 1 aromatic carbocycles. The lowest BCUT2D eigenvalue weighted by molar-refractivity contribution is -0.134. The molecule has 1 unspecified atom stereocenters. The summed E-state index contributed by atoms with van der Waals surface area (Å²) in [5, 5.41) is 2.22. The van der Waals surface area contributed by atoms with Crippen LogP contribution in [-0.2, 0) is 9.59 Å². The number of hydrogen-bond donors (Lipinski definition) is 1. The standard InChI is InChI=1S/C14H15BrN2O4/c1-3-4-9-12(18)16-14(20)17(13(9)19)10-7-8(15)5-6-11(10)21-2/h5-7,9H,3-4H2,1-2H3,(H,16,18,20). The zero-order chi connectivity index (χ0) is 15.6. The first-order valence-corrected chi connectivity index (χ1v) is 7.31. The number of carbonyl (C=O) groups excluding carboxylic acids is 3. The van der Waals surface area contributed by atoms with E-state index in [-0.39, 0.29) is 0 Å². The molecule has 112 valence electrons. The second-order valence-corrected chi connectivity index (χ2v) is 5.54. The first-order valence-electron chi connectivity index (χ1n) is 6.52. The number of urea groups is 1. The van der Waals surface area contributed by atoms with Gasteiger partial charge >= 0.3 is 6.03 Å². The second-order valence-electron chi connectivity index (χ2n) is 4.63. The average molecular weight is 355 g/mol. The Morgan fingerprint density at radius 3 is 2.67 bits per heavy atom. The minimum absolute atomic E-state index is 0.308. The molecule has 1 heterocycles. The number of nitrogens with one attached hydrogen (secondary N) is 1. The monoisotopic (exact) mass is 354 g/mol. The van der Waals surface area contributed by atoms with Crippen molar-refractivity contribution in [3.05, 3.63) is 22.7 Å². The van der Waals surface area contributed by atoms with E-state index in [1.54, 1.807) is 18.2 Å². The number of methoxy groups -OCH3 is 1. The first kappa shape index (κ1) is 15.5. The van der Waals surface area contributed by atoms with Gasteiger partial charge in [0.1, 0.15) is 11.7 Å². The first-order chi connectivity index (χ1) is 9.99. The highest BCUT2D eigenvalue weighted by molar-refractivity contribution is 9.10. The summed E-state index contributed by atoms with van der Waals surface area (Å²) in [6.45, 7) is 1.88. The van der Waals surface area contributed by atoms with Crippen molar-refractivity contribution in [1.29, 1.82) is 0 Å². The van der Waals surface area contributed by atoms with E-state index >= 15 is 0 Å². The Kier molecular flexibility index (Phi) is 4.62. The van der Waals surface area contributed by atoms with Gasteiger partial charge in [0, 0.05) is 4.47 Å². The van der Waals surface area contributed by atoms with Crippen LogP contribution in [0.3, 0.4) is 0 Å². The summed E-state index contributed by atoms with van der Waals surface area (Å²) in [7, 11) is 1.45. The molecule has 1 saturated heterocycles. The Morgan fingerprint density at radius 1 is 1.33 bits per heavy atom. The van der Waals surface area contributed by atoms with Crippen LogP contribution in [0.25, 0.3) is 0 Å². The highest BCUT2D eigenvalue weighted by Gasteiger charge is 2.41. The van der Waals surface area contributed by atoms with E-state index in [2.05, 4.69) is 21.2 Å². The van der Waals surface area contributed by atoms with Crippen LogP contribution < -0.4 is 15.0 Å². The number of hydrogen-bond acceptors (Lipinski definition) is 4. The third-order valence-electron chi connectivity index (χ3n) is 3.23. The number of carbonyl (C=O) groups is 3. The number of rotatable bonds is 4. The Hall–Kier alpha value is -1.89. The molecule has 21 heavy (non-hydrogen) atoms. The highest BCUT2D eigenvalue weighted by Crippen LogP contribution is 2.34. The zero-order valence-corrected chi connectivity index (χ0v) is 13.3. The van der Waals surface area contributed by atoms with Gasteiger partial charge in [-0.3, -0.25) is 14.9 Å². The molecule has 0 saturated carbocycles. The predicted octanol–water partition coefficient (Wildman–Crippen LogP) is 2.46. The number of ether oxygens (including phenoxy) is 1. The Bertz CT molecular complexity index is 603. The molecule has 1 aromatic rings. The number of imide groups is 2. The molecule has 4 amide bonds. The van der Waals surface area contributed by atoms with Crippen LogP contribution in [0.4, 0.5) is 10.5 Å². The van der Waals surface area contributed by atoms with Gasteiger partial charge in [-0.25, -0.2) is 9.69 Å². The van der Waals surface area contributed by atoms with Crippen LogP contribution in [-0.4, -0.2) is 25.0 Å². The fraction of sp³-hybridized carbons (Fsp3) is 0.357. The van der Waals surface area contributed by atoms with Crippen LogP contribution >= 0.6 is 15.9 Å². The van der Waals surface area contributed by atoms with E-state index in [0.717, 1.165) is 4.90 Å². The van der Waals surface area contributed by atoms with Crippen molar-refractivity contribution >= 4 is 39.5 Å². The topological polar surface area (TPSA) is 75.7 Å². The smallest absolute Gasteiger partial charge is 0.335 e. The molecule has 0 aromatic heterocycles. The average Bonchev–Trinajstić information content (AvgIpc) is 2.43. The highest BCUT2D eigenvalue weighted by atomic mass is 79.9. The largest absolute Gasteiger partial charge is 0.495 e. The number of amides is 4. The van der Waals surface area contributed by atoms with Crippen molar-refractivity contribution in [3.63, 3.8) is 0 Å². The summed E-state index contributed by atoms with van der Waals surface area (Å²) in [6, 6.07) is 4.23. The molecule has 1 atom stereocenters. The van der Waals surface area contributed by atoms with Crippen molar-refractivity contribution < 1.29 is 19.1 Å². The fourth-order valence-electron chi connectivity index (χ4n) is 2.23. The molecule has 1 N–H and O–H groups in total. The number of benzene rings is 1. The molecule has 2 rings (SSSR count). The zero-order valence-electron chi connectivity index (χ0n) is 11.7. The van der Waals surface area contributed by atoms with Crippen molar-refractivity contribution in [2.45, 2.75) is 19.8 Å². The van der Waals surface area contributed by atoms with Crippen molar-refractivity contribution in [1.82, 2.24) is 5.32 Å². The number of halogens is 1. The Labute approximate surface area is 130 Å². The molecule has 1 fully saturated rings. The van der Waals surface area contributed by atoms with Gasteiger partial charge in [0.2, 0.25) is 11.8 Å². The maximum absolute atomic E-state index is 12.5. The summed E-state index contributed by atoms with van der Waals surface area (Å²) >= 11 is 3.30. The minimum atomic E-state index is -0.851. The maximum atomic E-state index is 12.5. The van der Waals surface area contributed by atoms with E-state index in [0.29, 0.717) is 28.8 Å². The molecule has 7 heteroatoms. The third-order valence-corrected chi connectivity index (χ3v) is 3.72. The van der Waals surface area contributed by atoms with E-state index < -0.39 is 23.8 Å². The molecular weight excluding hydrogens is 340 g/mol. The number of nitrogens with zero attached hydrogens (tertiary/aromatic N) is 1. The van der Waals surface area contributed by atoms with Crippen LogP contribution in [0.2, 0.25) is 0 Å². The SMILES string of the molecule is CCCC1C(=O)NC(=O)N(c2cc(Br)ccc2OC)C1=O. The van der Waals surface area contributed by atoms with Gasteiger partial charge in [0.05, 0.1) is 12.8 Å². The summed E-state index contributed by atoms with van der Waals surface area (Å²) in [5.41, 5.74) is 0.308. The van der Waals surface area contributed by atoms with Gasteiger partial charge in [0.15, 0.2) is 0 Å². The maximum Gasteiger partial charge on any atom is 0.335 e. The minimum Gasteiger partial charge on any atom is -0.495 e. The third kappa shape index (κ3) is 2.92. The Balaban J connectivity index is 2.46. The van der Waals surface area contributed by atoms with Gasteiger partial charge in [-0.15, -0.1) is 0 Å². The lowest BCUT2D eigenvalue weighted by Crippen LogP contribution is -2.58. The molecular formula is C14H15BrN2O4.